The SMILES string of the molecule is CCn1cc(-c2n[nH]c(=S)o2)c(=O)c2cc(F)c(N3CCN(C)CC3)cc21. The van der Waals surface area contributed by atoms with Crippen molar-refractivity contribution in [1.29, 1.82) is 0 Å². The highest BCUT2D eigenvalue weighted by molar-refractivity contribution is 7.71. The Morgan fingerprint density at radius 2 is 2.04 bits per heavy atom. The molecule has 0 amide bonds. The molecule has 1 saturated heterocycles. The van der Waals surface area contributed by atoms with Gasteiger partial charge in [-0.15, -0.1) is 5.10 Å². The molecule has 1 aliphatic rings. The van der Waals surface area contributed by atoms with Gasteiger partial charge in [0.2, 0.25) is 5.43 Å². The highest BCUT2D eigenvalue weighted by Gasteiger charge is 2.21. The molecule has 2 aromatic heterocycles. The first-order chi connectivity index (χ1) is 13.0. The summed E-state index contributed by atoms with van der Waals surface area (Å²) in [5, 5.41) is 6.75. The second kappa shape index (κ2) is 6.90. The minimum absolute atomic E-state index is 0.0872. The predicted molar refractivity (Wildman–Crippen MR) is 104 cm³/mol. The summed E-state index contributed by atoms with van der Waals surface area (Å²) < 4.78 is 22.1. The van der Waals surface area contributed by atoms with E-state index in [4.69, 9.17) is 16.6 Å². The van der Waals surface area contributed by atoms with Crippen LogP contribution in [0.2, 0.25) is 0 Å². The fraction of sp³-hybridized carbons (Fsp3) is 0.389. The molecule has 0 aliphatic carbocycles. The van der Waals surface area contributed by atoms with Crippen molar-refractivity contribution in [2.24, 2.45) is 0 Å². The molecule has 1 N–H and O–H groups in total. The van der Waals surface area contributed by atoms with Crippen molar-refractivity contribution in [2.75, 3.05) is 38.1 Å². The average Bonchev–Trinajstić information content (AvgIpc) is 3.09. The lowest BCUT2D eigenvalue weighted by molar-refractivity contribution is 0.312. The Bertz CT molecular complexity index is 1110. The van der Waals surface area contributed by atoms with Gasteiger partial charge in [-0.25, -0.2) is 9.49 Å². The summed E-state index contributed by atoms with van der Waals surface area (Å²) >= 11 is 4.89. The standard InChI is InChI=1S/C18H20FN5O2S/c1-3-23-10-12(17-20-21-18(27)26-17)16(25)11-8-13(19)15(9-14(11)23)24-6-4-22(2)5-7-24/h8-10H,3-7H2,1-2H3,(H,21,27). The number of hydrogen-bond donors (Lipinski definition) is 1. The van der Waals surface area contributed by atoms with Gasteiger partial charge in [0.25, 0.3) is 10.7 Å². The van der Waals surface area contributed by atoms with Crippen LogP contribution in [0.4, 0.5) is 10.1 Å². The molecule has 3 heterocycles. The van der Waals surface area contributed by atoms with Crippen molar-refractivity contribution < 1.29 is 8.81 Å². The molecule has 0 spiro atoms. The maximum absolute atomic E-state index is 14.9. The van der Waals surface area contributed by atoms with Crippen molar-refractivity contribution >= 4 is 28.8 Å². The predicted octanol–water partition coefficient (Wildman–Crippen LogP) is 2.62. The Balaban J connectivity index is 1.89. The highest BCUT2D eigenvalue weighted by Crippen LogP contribution is 2.27. The second-order valence-electron chi connectivity index (χ2n) is 6.69. The zero-order valence-electron chi connectivity index (χ0n) is 15.2. The maximum atomic E-state index is 14.9. The van der Waals surface area contributed by atoms with Gasteiger partial charge >= 0.3 is 0 Å². The first-order valence-electron chi connectivity index (χ1n) is 8.84. The summed E-state index contributed by atoms with van der Waals surface area (Å²) in [7, 11) is 2.05. The highest BCUT2D eigenvalue weighted by atomic mass is 32.1. The molecule has 9 heteroatoms. The van der Waals surface area contributed by atoms with Gasteiger partial charge in [0.15, 0.2) is 0 Å². The summed E-state index contributed by atoms with van der Waals surface area (Å²) in [6.07, 6.45) is 1.69. The van der Waals surface area contributed by atoms with E-state index in [1.165, 1.54) is 6.07 Å². The lowest BCUT2D eigenvalue weighted by Gasteiger charge is -2.34. The lowest BCUT2D eigenvalue weighted by atomic mass is 10.1. The third kappa shape index (κ3) is 3.17. The van der Waals surface area contributed by atoms with Crippen LogP contribution in [-0.4, -0.2) is 52.9 Å². The molecule has 27 heavy (non-hydrogen) atoms. The molecule has 7 nitrogen and oxygen atoms in total. The van der Waals surface area contributed by atoms with Gasteiger partial charge in [-0.1, -0.05) is 0 Å². The van der Waals surface area contributed by atoms with Gasteiger partial charge in [0.1, 0.15) is 11.4 Å². The first kappa shape index (κ1) is 17.9. The van der Waals surface area contributed by atoms with Gasteiger partial charge < -0.3 is 18.8 Å². The molecule has 3 aromatic rings. The van der Waals surface area contributed by atoms with E-state index in [0.717, 1.165) is 26.2 Å². The van der Waals surface area contributed by atoms with Gasteiger partial charge in [0, 0.05) is 44.3 Å². The number of anilines is 1. The third-order valence-corrected chi connectivity index (χ3v) is 5.18. The van der Waals surface area contributed by atoms with E-state index < -0.39 is 5.82 Å². The number of aryl methyl sites for hydroxylation is 1. The van der Waals surface area contributed by atoms with Gasteiger partial charge in [0.05, 0.1) is 11.2 Å². The van der Waals surface area contributed by atoms with E-state index in [9.17, 15) is 9.18 Å². The van der Waals surface area contributed by atoms with Crippen LogP contribution in [0.25, 0.3) is 22.4 Å². The molecule has 0 unspecified atom stereocenters. The molecule has 0 saturated carbocycles. The van der Waals surface area contributed by atoms with Crippen LogP contribution >= 0.6 is 12.2 Å². The topological polar surface area (TPSA) is 70.3 Å². The monoisotopic (exact) mass is 389 g/mol. The number of piperazine rings is 1. The number of rotatable bonds is 3. The average molecular weight is 389 g/mol. The second-order valence-corrected chi connectivity index (χ2v) is 7.06. The number of fused-ring (bicyclic) bond motifs is 1. The third-order valence-electron chi connectivity index (χ3n) is 5.00. The molecule has 0 radical (unpaired) electrons. The quantitative estimate of drug-likeness (QED) is 0.695. The molecule has 1 fully saturated rings. The summed E-state index contributed by atoms with van der Waals surface area (Å²) in [4.78, 5) is 17.3. The number of aromatic amines is 1. The van der Waals surface area contributed by atoms with Crippen LogP contribution in [0.1, 0.15) is 6.92 Å². The van der Waals surface area contributed by atoms with E-state index in [2.05, 4.69) is 22.1 Å². The Kier molecular flexibility index (Phi) is 4.56. The van der Waals surface area contributed by atoms with Crippen LogP contribution in [0.3, 0.4) is 0 Å². The van der Waals surface area contributed by atoms with Crippen LogP contribution in [0, 0.1) is 10.7 Å². The number of pyridine rings is 1. The fourth-order valence-electron chi connectivity index (χ4n) is 3.45. The number of aromatic nitrogens is 3. The summed E-state index contributed by atoms with van der Waals surface area (Å²) in [6.45, 7) is 5.83. The summed E-state index contributed by atoms with van der Waals surface area (Å²) in [5.74, 6) is -0.287. The van der Waals surface area contributed by atoms with Crippen LogP contribution < -0.4 is 10.3 Å². The number of benzene rings is 1. The molecule has 4 rings (SSSR count). The molecule has 1 aliphatic heterocycles. The number of H-pyrrole nitrogens is 1. The smallest absolute Gasteiger partial charge is 0.284 e. The molecular formula is C18H20FN5O2S. The van der Waals surface area contributed by atoms with Gasteiger partial charge in [-0.2, -0.15) is 0 Å². The fourth-order valence-corrected chi connectivity index (χ4v) is 3.57. The largest absolute Gasteiger partial charge is 0.409 e. The Morgan fingerprint density at radius 3 is 2.67 bits per heavy atom. The number of likely N-dealkylation sites (N-methyl/N-ethyl adjacent to an activating group) is 1. The normalized spacial score (nSPS) is 15.6. The zero-order valence-corrected chi connectivity index (χ0v) is 16.0. The van der Waals surface area contributed by atoms with Crippen molar-refractivity contribution in [3.63, 3.8) is 0 Å². The lowest BCUT2D eigenvalue weighted by Crippen LogP contribution is -2.44. The van der Waals surface area contributed by atoms with E-state index in [0.29, 0.717) is 23.1 Å². The van der Waals surface area contributed by atoms with Crippen molar-refractivity contribution in [2.45, 2.75) is 13.5 Å². The molecule has 0 atom stereocenters. The summed E-state index contributed by atoms with van der Waals surface area (Å²) in [5.41, 5.74) is 1.14. The first-order valence-corrected chi connectivity index (χ1v) is 9.25. The van der Waals surface area contributed by atoms with Crippen molar-refractivity contribution in [3.8, 4) is 11.5 Å². The molecule has 1 aromatic carbocycles. The molecule has 0 bridgehead atoms. The number of nitrogens with one attached hydrogen (secondary N) is 1. The number of hydrogen-bond acceptors (Lipinski definition) is 6. The van der Waals surface area contributed by atoms with E-state index in [1.807, 2.05) is 16.4 Å². The van der Waals surface area contributed by atoms with E-state index >= 15 is 0 Å². The van der Waals surface area contributed by atoms with Crippen LogP contribution in [0.15, 0.2) is 27.5 Å². The van der Waals surface area contributed by atoms with Crippen molar-refractivity contribution in [1.82, 2.24) is 19.7 Å². The molecular weight excluding hydrogens is 369 g/mol. The molecule has 142 valence electrons. The Hall–Kier alpha value is -2.52. The zero-order chi connectivity index (χ0) is 19.1. The Labute approximate surface area is 160 Å². The maximum Gasteiger partial charge on any atom is 0.284 e. The Morgan fingerprint density at radius 1 is 1.30 bits per heavy atom. The minimum atomic E-state index is -0.396. The van der Waals surface area contributed by atoms with Gasteiger partial charge in [-0.05, 0) is 38.3 Å². The van der Waals surface area contributed by atoms with Crippen LogP contribution in [-0.2, 0) is 6.54 Å². The number of halogens is 1. The van der Waals surface area contributed by atoms with Gasteiger partial charge in [-0.3, -0.25) is 4.79 Å². The van der Waals surface area contributed by atoms with Crippen LogP contribution in [0.5, 0.6) is 0 Å². The number of nitrogens with zero attached hydrogens (tertiary/aromatic N) is 4. The summed E-state index contributed by atoms with van der Waals surface area (Å²) in [6, 6.07) is 3.09. The van der Waals surface area contributed by atoms with Crippen molar-refractivity contribution in [3.05, 3.63) is 39.2 Å². The van der Waals surface area contributed by atoms with E-state index in [1.54, 1.807) is 12.3 Å². The van der Waals surface area contributed by atoms with E-state index in [-0.39, 0.29) is 21.7 Å². The minimum Gasteiger partial charge on any atom is -0.409 e.